The minimum Gasteiger partial charge on any atom is -0.316 e. The summed E-state index contributed by atoms with van der Waals surface area (Å²) >= 11 is 0. The molecule has 0 bridgehead atoms. The van der Waals surface area contributed by atoms with Crippen molar-refractivity contribution in [1.29, 1.82) is 0 Å². The van der Waals surface area contributed by atoms with E-state index < -0.39 is 0 Å². The molecule has 1 nitrogen and oxygen atoms in total. The van der Waals surface area contributed by atoms with E-state index in [1.165, 1.54) is 12.8 Å². The van der Waals surface area contributed by atoms with Crippen molar-refractivity contribution in [2.45, 2.75) is 26.2 Å². The monoisotopic (exact) mass is 207 g/mol. The Kier molecular flexibility index (Phi) is 3.37. The number of halogens is 1. The van der Waals surface area contributed by atoms with Crippen LogP contribution in [0.2, 0.25) is 0 Å². The molecule has 2 heteroatoms. The SMILES string of the molecule is Cc1ccc(F)c(CC2CCCNC2)c1. The van der Waals surface area contributed by atoms with Gasteiger partial charge in [0, 0.05) is 0 Å². The third-order valence-electron chi connectivity index (χ3n) is 3.11. The first-order valence-electron chi connectivity index (χ1n) is 5.71. The zero-order valence-electron chi connectivity index (χ0n) is 9.22. The van der Waals surface area contributed by atoms with Crippen molar-refractivity contribution < 1.29 is 4.39 Å². The normalized spacial score (nSPS) is 21.6. The molecule has 1 heterocycles. The largest absolute Gasteiger partial charge is 0.316 e. The number of rotatable bonds is 2. The van der Waals surface area contributed by atoms with Crippen LogP contribution in [-0.2, 0) is 6.42 Å². The predicted octanol–water partition coefficient (Wildman–Crippen LogP) is 2.68. The van der Waals surface area contributed by atoms with E-state index in [0.717, 1.165) is 30.6 Å². The molecule has 82 valence electrons. The van der Waals surface area contributed by atoms with Crippen LogP contribution in [0.3, 0.4) is 0 Å². The van der Waals surface area contributed by atoms with E-state index in [9.17, 15) is 4.39 Å². The Morgan fingerprint density at radius 1 is 1.47 bits per heavy atom. The first kappa shape index (κ1) is 10.6. The van der Waals surface area contributed by atoms with Crippen LogP contribution in [0.15, 0.2) is 18.2 Å². The third kappa shape index (κ3) is 2.78. The zero-order valence-corrected chi connectivity index (χ0v) is 9.22. The Morgan fingerprint density at radius 3 is 3.07 bits per heavy atom. The molecule has 1 aliphatic heterocycles. The molecule has 1 fully saturated rings. The van der Waals surface area contributed by atoms with Gasteiger partial charge in [-0.1, -0.05) is 17.7 Å². The van der Waals surface area contributed by atoms with Gasteiger partial charge in [-0.25, -0.2) is 4.39 Å². The van der Waals surface area contributed by atoms with E-state index in [1.54, 1.807) is 6.07 Å². The molecule has 0 spiro atoms. The van der Waals surface area contributed by atoms with E-state index in [4.69, 9.17) is 0 Å². The molecule has 15 heavy (non-hydrogen) atoms. The second-order valence-corrected chi connectivity index (χ2v) is 4.51. The van der Waals surface area contributed by atoms with Crippen LogP contribution in [0.25, 0.3) is 0 Å². The molecule has 1 aliphatic rings. The fourth-order valence-corrected chi connectivity index (χ4v) is 2.27. The van der Waals surface area contributed by atoms with Crippen LogP contribution in [-0.4, -0.2) is 13.1 Å². The van der Waals surface area contributed by atoms with Gasteiger partial charge in [0.05, 0.1) is 0 Å². The second kappa shape index (κ2) is 4.75. The van der Waals surface area contributed by atoms with Crippen LogP contribution in [0.4, 0.5) is 4.39 Å². The lowest BCUT2D eigenvalue weighted by atomic mass is 9.91. The maximum Gasteiger partial charge on any atom is 0.126 e. The van der Waals surface area contributed by atoms with Gasteiger partial charge in [0.1, 0.15) is 5.82 Å². The standard InChI is InChI=1S/C13H18FN/c1-10-4-5-13(14)12(7-10)8-11-3-2-6-15-9-11/h4-5,7,11,15H,2-3,6,8-9H2,1H3. The third-order valence-corrected chi connectivity index (χ3v) is 3.11. The van der Waals surface area contributed by atoms with E-state index in [2.05, 4.69) is 5.32 Å². The summed E-state index contributed by atoms with van der Waals surface area (Å²) in [6.07, 6.45) is 3.32. The number of benzene rings is 1. The van der Waals surface area contributed by atoms with E-state index in [0.29, 0.717) is 5.92 Å². The number of nitrogens with one attached hydrogen (secondary N) is 1. The van der Waals surface area contributed by atoms with Gasteiger partial charge in [-0.3, -0.25) is 0 Å². The lowest BCUT2D eigenvalue weighted by molar-refractivity contribution is 0.372. The van der Waals surface area contributed by atoms with Gasteiger partial charge in [-0.2, -0.15) is 0 Å². The summed E-state index contributed by atoms with van der Waals surface area (Å²) < 4.78 is 13.5. The van der Waals surface area contributed by atoms with Crippen molar-refractivity contribution in [3.05, 3.63) is 35.1 Å². The molecular formula is C13H18FN. The maximum absolute atomic E-state index is 13.5. The van der Waals surface area contributed by atoms with Crippen molar-refractivity contribution >= 4 is 0 Å². The van der Waals surface area contributed by atoms with Gasteiger partial charge in [-0.05, 0) is 56.8 Å². The highest BCUT2D eigenvalue weighted by Crippen LogP contribution is 2.19. The Balaban J connectivity index is 2.05. The molecule has 1 saturated heterocycles. The van der Waals surface area contributed by atoms with Crippen LogP contribution < -0.4 is 5.32 Å². The second-order valence-electron chi connectivity index (χ2n) is 4.51. The van der Waals surface area contributed by atoms with Gasteiger partial charge < -0.3 is 5.32 Å². The molecule has 1 aromatic carbocycles. The van der Waals surface area contributed by atoms with Crippen LogP contribution in [0.1, 0.15) is 24.0 Å². The van der Waals surface area contributed by atoms with Crippen LogP contribution in [0, 0.1) is 18.7 Å². The number of hydrogen-bond donors (Lipinski definition) is 1. The highest BCUT2D eigenvalue weighted by molar-refractivity contribution is 5.24. The molecule has 0 aliphatic carbocycles. The van der Waals surface area contributed by atoms with Crippen molar-refractivity contribution in [2.24, 2.45) is 5.92 Å². The minimum absolute atomic E-state index is 0.0498. The van der Waals surface area contributed by atoms with Crippen molar-refractivity contribution in [2.75, 3.05) is 13.1 Å². The van der Waals surface area contributed by atoms with Gasteiger partial charge in [0.15, 0.2) is 0 Å². The lowest BCUT2D eigenvalue weighted by Gasteiger charge is -2.22. The fourth-order valence-electron chi connectivity index (χ4n) is 2.27. The average molecular weight is 207 g/mol. The van der Waals surface area contributed by atoms with E-state index in [1.807, 2.05) is 19.1 Å². The molecule has 1 N–H and O–H groups in total. The molecule has 1 unspecified atom stereocenters. The minimum atomic E-state index is -0.0498. The number of hydrogen-bond acceptors (Lipinski definition) is 1. The molecule has 0 aromatic heterocycles. The maximum atomic E-state index is 13.5. The molecule has 0 saturated carbocycles. The summed E-state index contributed by atoms with van der Waals surface area (Å²) in [4.78, 5) is 0. The zero-order chi connectivity index (χ0) is 10.7. The quantitative estimate of drug-likeness (QED) is 0.786. The van der Waals surface area contributed by atoms with Crippen LogP contribution >= 0.6 is 0 Å². The Labute approximate surface area is 90.7 Å². The Bertz CT molecular complexity index is 329. The van der Waals surface area contributed by atoms with Crippen molar-refractivity contribution in [1.82, 2.24) is 5.32 Å². The molecule has 2 rings (SSSR count). The summed E-state index contributed by atoms with van der Waals surface area (Å²) in [5, 5.41) is 3.37. The molecule has 0 amide bonds. The molecule has 1 atom stereocenters. The highest BCUT2D eigenvalue weighted by Gasteiger charge is 2.15. The molecule has 0 radical (unpaired) electrons. The lowest BCUT2D eigenvalue weighted by Crippen LogP contribution is -2.31. The molecular weight excluding hydrogens is 189 g/mol. The predicted molar refractivity (Wildman–Crippen MR) is 60.4 cm³/mol. The highest BCUT2D eigenvalue weighted by atomic mass is 19.1. The number of aryl methyl sites for hydroxylation is 1. The Hall–Kier alpha value is -0.890. The van der Waals surface area contributed by atoms with Gasteiger partial charge >= 0.3 is 0 Å². The topological polar surface area (TPSA) is 12.0 Å². The van der Waals surface area contributed by atoms with Crippen molar-refractivity contribution in [3.8, 4) is 0 Å². The summed E-state index contributed by atoms with van der Waals surface area (Å²) in [5.74, 6) is 0.557. The van der Waals surface area contributed by atoms with Gasteiger partial charge in [0.2, 0.25) is 0 Å². The summed E-state index contributed by atoms with van der Waals surface area (Å²) in [6, 6.07) is 5.39. The first-order chi connectivity index (χ1) is 7.25. The van der Waals surface area contributed by atoms with E-state index in [-0.39, 0.29) is 5.82 Å². The van der Waals surface area contributed by atoms with Crippen molar-refractivity contribution in [3.63, 3.8) is 0 Å². The van der Waals surface area contributed by atoms with Gasteiger partial charge in [-0.15, -0.1) is 0 Å². The van der Waals surface area contributed by atoms with Crippen LogP contribution in [0.5, 0.6) is 0 Å². The Morgan fingerprint density at radius 2 is 2.33 bits per heavy atom. The summed E-state index contributed by atoms with van der Waals surface area (Å²) in [5.41, 5.74) is 2.03. The fraction of sp³-hybridized carbons (Fsp3) is 0.538. The summed E-state index contributed by atoms with van der Waals surface area (Å²) in [6.45, 7) is 4.17. The molecule has 1 aromatic rings. The van der Waals surface area contributed by atoms with Gasteiger partial charge in [0.25, 0.3) is 0 Å². The summed E-state index contributed by atoms with van der Waals surface area (Å²) in [7, 11) is 0. The smallest absolute Gasteiger partial charge is 0.126 e. The number of piperidine rings is 1. The van der Waals surface area contributed by atoms with E-state index >= 15 is 0 Å². The first-order valence-corrected chi connectivity index (χ1v) is 5.71. The average Bonchev–Trinajstić information content (AvgIpc) is 2.25.